The minimum absolute atomic E-state index is 0.600. The number of aryl methyl sites for hydroxylation is 2. The third-order valence-electron chi connectivity index (χ3n) is 5.29. The maximum absolute atomic E-state index is 11.0. The fourth-order valence-electron chi connectivity index (χ4n) is 3.33. The molecule has 2 heterocycles. The van der Waals surface area contributed by atoms with Crippen molar-refractivity contribution in [1.82, 2.24) is 9.88 Å². The van der Waals surface area contributed by atoms with Gasteiger partial charge in [-0.1, -0.05) is 29.8 Å². The molecule has 0 bridgehead atoms. The number of carbonyl (C=O) groups is 1. The smallest absolute Gasteiger partial charge is 0.209 e. The van der Waals surface area contributed by atoms with Crippen molar-refractivity contribution in [3.63, 3.8) is 0 Å². The summed E-state index contributed by atoms with van der Waals surface area (Å²) in [7, 11) is 1.79. The second-order valence-corrected chi connectivity index (χ2v) is 10.3. The number of pyridine rings is 1. The number of benzene rings is 2. The monoisotopic (exact) mass is 493 g/mol. The number of anilines is 1. The predicted molar refractivity (Wildman–Crippen MR) is 141 cm³/mol. The zero-order valence-electron chi connectivity index (χ0n) is 18.6. The molecule has 1 amide bonds. The Bertz CT molecular complexity index is 1290. The van der Waals surface area contributed by atoms with Crippen LogP contribution in [0.1, 0.15) is 16.7 Å². The molecule has 0 aliphatic carbocycles. The molecule has 2 aromatic carbocycles. The van der Waals surface area contributed by atoms with Crippen LogP contribution in [0.4, 0.5) is 5.69 Å². The highest BCUT2D eigenvalue weighted by molar-refractivity contribution is 8.00. The Balaban J connectivity index is 1.51. The molecular formula is C26H24ClN3OS2. The number of amides is 1. The summed E-state index contributed by atoms with van der Waals surface area (Å²) < 4.78 is 3.36. The van der Waals surface area contributed by atoms with Gasteiger partial charge in [0.25, 0.3) is 0 Å². The van der Waals surface area contributed by atoms with Gasteiger partial charge in [-0.15, -0.1) is 11.3 Å². The van der Waals surface area contributed by atoms with E-state index < -0.39 is 0 Å². The first kappa shape index (κ1) is 23.4. The Morgan fingerprint density at radius 3 is 2.52 bits per heavy atom. The molecular weight excluding hydrogens is 470 g/mol. The maximum Gasteiger partial charge on any atom is 0.209 e. The molecule has 7 heteroatoms. The van der Waals surface area contributed by atoms with Gasteiger partial charge in [-0.2, -0.15) is 0 Å². The molecule has 2 aromatic heterocycles. The minimum atomic E-state index is 0.600. The number of hydrogen-bond acceptors (Lipinski definition) is 5. The standard InChI is InChI=1S/C26H24ClN3OS2/c1-17-4-6-19(10-21(17)15-30(3)16-31)25-8-9-26(32-25)20-11-22(14-28-13-20)29-33-23-7-5-18(2)24(27)12-23/h4-14,16,29H,15H2,1-3H3. The van der Waals surface area contributed by atoms with Crippen molar-refractivity contribution in [2.75, 3.05) is 11.8 Å². The molecule has 0 unspecified atom stereocenters. The molecule has 4 aromatic rings. The normalized spacial score (nSPS) is 10.8. The minimum Gasteiger partial charge on any atom is -0.344 e. The Morgan fingerprint density at radius 1 is 1.00 bits per heavy atom. The number of carbonyl (C=O) groups excluding carboxylic acids is 1. The van der Waals surface area contributed by atoms with Crippen LogP contribution in [0.2, 0.25) is 5.02 Å². The lowest BCUT2D eigenvalue weighted by atomic mass is 10.0. The molecule has 0 aliphatic rings. The van der Waals surface area contributed by atoms with Crippen LogP contribution < -0.4 is 4.72 Å². The van der Waals surface area contributed by atoms with Gasteiger partial charge in [0.1, 0.15) is 0 Å². The Morgan fingerprint density at radius 2 is 1.76 bits per heavy atom. The molecule has 33 heavy (non-hydrogen) atoms. The van der Waals surface area contributed by atoms with E-state index in [1.165, 1.54) is 22.4 Å². The fraction of sp³-hybridized carbons (Fsp3) is 0.154. The van der Waals surface area contributed by atoms with E-state index in [1.54, 1.807) is 23.3 Å². The van der Waals surface area contributed by atoms with E-state index in [0.29, 0.717) is 6.54 Å². The predicted octanol–water partition coefficient (Wildman–Crippen LogP) is 7.45. The van der Waals surface area contributed by atoms with Gasteiger partial charge in [0.2, 0.25) is 6.41 Å². The van der Waals surface area contributed by atoms with Gasteiger partial charge in [-0.3, -0.25) is 9.78 Å². The second kappa shape index (κ2) is 10.4. The van der Waals surface area contributed by atoms with Gasteiger partial charge >= 0.3 is 0 Å². The number of nitrogens with zero attached hydrogens (tertiary/aromatic N) is 2. The number of hydrogen-bond donors (Lipinski definition) is 1. The van der Waals surface area contributed by atoms with E-state index in [0.717, 1.165) is 49.1 Å². The number of rotatable bonds is 8. The number of aromatic nitrogens is 1. The van der Waals surface area contributed by atoms with E-state index in [1.807, 2.05) is 37.5 Å². The Labute approximate surface area is 207 Å². The van der Waals surface area contributed by atoms with E-state index >= 15 is 0 Å². The van der Waals surface area contributed by atoms with Crippen LogP contribution in [-0.4, -0.2) is 23.3 Å². The molecule has 0 fully saturated rings. The molecule has 0 radical (unpaired) electrons. The van der Waals surface area contributed by atoms with Crippen LogP contribution in [0.5, 0.6) is 0 Å². The van der Waals surface area contributed by atoms with E-state index in [2.05, 4.69) is 53.0 Å². The van der Waals surface area contributed by atoms with Gasteiger partial charge in [0.15, 0.2) is 0 Å². The first-order valence-corrected chi connectivity index (χ1v) is 12.4. The van der Waals surface area contributed by atoms with Crippen molar-refractivity contribution in [3.05, 3.63) is 88.7 Å². The summed E-state index contributed by atoms with van der Waals surface area (Å²) in [5.41, 5.74) is 6.54. The van der Waals surface area contributed by atoms with Crippen molar-refractivity contribution >= 4 is 47.0 Å². The SMILES string of the molecule is Cc1ccc(SNc2cncc(-c3ccc(-c4ccc(C)c(CN(C)C=O)c4)s3)c2)cc1Cl. The van der Waals surface area contributed by atoms with Gasteiger partial charge in [0.05, 0.1) is 11.9 Å². The first-order valence-electron chi connectivity index (χ1n) is 10.4. The molecule has 4 nitrogen and oxygen atoms in total. The molecule has 168 valence electrons. The third kappa shape index (κ3) is 5.77. The molecule has 0 atom stereocenters. The van der Waals surface area contributed by atoms with E-state index in [-0.39, 0.29) is 0 Å². The van der Waals surface area contributed by atoms with Crippen LogP contribution >= 0.6 is 34.9 Å². The number of halogens is 1. The van der Waals surface area contributed by atoms with Crippen molar-refractivity contribution in [2.45, 2.75) is 25.3 Å². The lowest BCUT2D eigenvalue weighted by Gasteiger charge is -2.13. The molecule has 1 N–H and O–H groups in total. The average molecular weight is 494 g/mol. The quantitative estimate of drug-likeness (QED) is 0.204. The maximum atomic E-state index is 11.0. The van der Waals surface area contributed by atoms with Gasteiger partial charge < -0.3 is 9.62 Å². The van der Waals surface area contributed by atoms with Crippen LogP contribution in [0.3, 0.4) is 0 Å². The summed E-state index contributed by atoms with van der Waals surface area (Å²) in [5, 5.41) is 0.761. The number of thiophene rings is 1. The topological polar surface area (TPSA) is 45.2 Å². The van der Waals surface area contributed by atoms with Crippen molar-refractivity contribution in [1.29, 1.82) is 0 Å². The largest absolute Gasteiger partial charge is 0.344 e. The zero-order chi connectivity index (χ0) is 23.4. The van der Waals surface area contributed by atoms with Crippen molar-refractivity contribution in [3.8, 4) is 20.9 Å². The fourth-order valence-corrected chi connectivity index (χ4v) is 5.22. The Kier molecular flexibility index (Phi) is 7.38. The van der Waals surface area contributed by atoms with Crippen molar-refractivity contribution < 1.29 is 4.79 Å². The van der Waals surface area contributed by atoms with Crippen LogP contribution in [-0.2, 0) is 11.3 Å². The summed E-state index contributed by atoms with van der Waals surface area (Å²) in [4.78, 5) is 20.5. The lowest BCUT2D eigenvalue weighted by Crippen LogP contribution is -2.15. The molecule has 4 rings (SSSR count). The highest BCUT2D eigenvalue weighted by Gasteiger charge is 2.09. The average Bonchev–Trinajstić information content (AvgIpc) is 3.32. The van der Waals surface area contributed by atoms with Crippen molar-refractivity contribution in [2.24, 2.45) is 0 Å². The summed E-state index contributed by atoms with van der Waals surface area (Å²) in [5.74, 6) is 0. The highest BCUT2D eigenvalue weighted by atomic mass is 35.5. The summed E-state index contributed by atoms with van der Waals surface area (Å²) >= 11 is 9.48. The van der Waals surface area contributed by atoms with Crippen LogP contribution in [0.15, 0.2) is 71.9 Å². The molecule has 0 spiro atoms. The summed E-state index contributed by atoms with van der Waals surface area (Å²) in [6.07, 6.45) is 4.56. The molecule has 0 aliphatic heterocycles. The zero-order valence-corrected chi connectivity index (χ0v) is 21.0. The van der Waals surface area contributed by atoms with Crippen LogP contribution in [0.25, 0.3) is 20.9 Å². The summed E-state index contributed by atoms with van der Waals surface area (Å²) in [6, 6.07) is 18.8. The Hall–Kier alpha value is -2.80. The van der Waals surface area contributed by atoms with E-state index in [4.69, 9.17) is 11.6 Å². The van der Waals surface area contributed by atoms with Gasteiger partial charge in [0, 0.05) is 45.0 Å². The van der Waals surface area contributed by atoms with E-state index in [9.17, 15) is 4.79 Å². The number of nitrogens with one attached hydrogen (secondary N) is 1. The van der Waals surface area contributed by atoms with Gasteiger partial charge in [-0.05, 0) is 84.4 Å². The lowest BCUT2D eigenvalue weighted by molar-refractivity contribution is -0.117. The highest BCUT2D eigenvalue weighted by Crippen LogP contribution is 2.36. The molecule has 0 saturated heterocycles. The summed E-state index contributed by atoms with van der Waals surface area (Å²) in [6.45, 7) is 4.67. The van der Waals surface area contributed by atoms with Crippen LogP contribution in [0, 0.1) is 13.8 Å². The molecule has 0 saturated carbocycles. The second-order valence-electron chi connectivity index (χ2n) is 7.90. The van der Waals surface area contributed by atoms with Gasteiger partial charge in [-0.25, -0.2) is 0 Å². The third-order valence-corrected chi connectivity index (χ3v) is 7.71. The first-order chi connectivity index (χ1) is 15.9.